The Bertz CT molecular complexity index is 207. The topological polar surface area (TPSA) is 43.6 Å². The van der Waals surface area contributed by atoms with Crippen LogP contribution in [0.15, 0.2) is 0 Å². The summed E-state index contributed by atoms with van der Waals surface area (Å²) in [6.45, 7) is 4.09. The van der Waals surface area contributed by atoms with Crippen LogP contribution in [0.3, 0.4) is 0 Å². The molecule has 5 heteroatoms. The Morgan fingerprint density at radius 3 is 2.50 bits per heavy atom. The zero-order chi connectivity index (χ0) is 7.56. The number of rotatable bonds is 2. The summed E-state index contributed by atoms with van der Waals surface area (Å²) in [5, 5.41) is 11.7. The van der Waals surface area contributed by atoms with Crippen LogP contribution in [0.5, 0.6) is 0 Å². The Labute approximate surface area is 64.1 Å². The Morgan fingerprint density at radius 1 is 1.50 bits per heavy atom. The van der Waals surface area contributed by atoms with Gasteiger partial charge in [-0.3, -0.25) is 0 Å². The van der Waals surface area contributed by atoms with E-state index in [1.165, 1.54) is 16.1 Å². The molecule has 0 aliphatic rings. The lowest BCUT2D eigenvalue weighted by atomic mass is 10.2. The van der Waals surface area contributed by atoms with Gasteiger partial charge in [-0.2, -0.15) is 0 Å². The summed E-state index contributed by atoms with van der Waals surface area (Å²) in [6.07, 6.45) is 1.91. The normalized spacial score (nSPS) is 10.8. The Hall–Kier alpha value is -0.580. The first-order valence-corrected chi connectivity index (χ1v) is 4.26. The molecule has 0 spiro atoms. The lowest BCUT2D eigenvalue weighted by Gasteiger charge is -1.92. The summed E-state index contributed by atoms with van der Waals surface area (Å²) in [4.78, 5) is 0. The first kappa shape index (κ1) is 7.53. The fraction of sp³-hybridized carbons (Fsp3) is 0.800. The average molecular weight is 158 g/mol. The van der Waals surface area contributed by atoms with E-state index in [0.717, 1.165) is 5.82 Å². The van der Waals surface area contributed by atoms with Crippen LogP contribution in [0.4, 0.5) is 0 Å². The third-order valence-electron chi connectivity index (χ3n) is 1.09. The van der Waals surface area contributed by atoms with E-state index >= 15 is 0 Å². The van der Waals surface area contributed by atoms with E-state index in [1.807, 2.05) is 20.1 Å². The summed E-state index contributed by atoms with van der Waals surface area (Å²) in [6, 6.07) is 0. The second-order valence-corrected chi connectivity index (χ2v) is 2.93. The minimum absolute atomic E-state index is 0.362. The van der Waals surface area contributed by atoms with E-state index < -0.39 is 0 Å². The Kier molecular flexibility index (Phi) is 2.26. The van der Waals surface area contributed by atoms with Crippen molar-refractivity contribution in [2.75, 3.05) is 6.26 Å². The maximum Gasteiger partial charge on any atom is 0.178 e. The van der Waals surface area contributed by atoms with Gasteiger partial charge in [0.1, 0.15) is 0 Å². The molecule has 1 aromatic heterocycles. The van der Waals surface area contributed by atoms with Crippen LogP contribution >= 0.6 is 11.9 Å². The Balaban J connectivity index is 2.78. The van der Waals surface area contributed by atoms with Crippen LogP contribution in [-0.4, -0.2) is 25.9 Å². The van der Waals surface area contributed by atoms with Crippen LogP contribution in [0, 0.1) is 0 Å². The average Bonchev–Trinajstić information content (AvgIpc) is 2.34. The molecule has 0 unspecified atom stereocenters. The molecule has 0 aliphatic carbocycles. The highest BCUT2D eigenvalue weighted by atomic mass is 32.2. The van der Waals surface area contributed by atoms with Crippen LogP contribution in [-0.2, 0) is 0 Å². The third kappa shape index (κ3) is 1.47. The molecule has 4 nitrogen and oxygen atoms in total. The second-order valence-electron chi connectivity index (χ2n) is 2.24. The molecule has 56 valence electrons. The van der Waals surface area contributed by atoms with Gasteiger partial charge in [-0.05, 0) is 17.2 Å². The van der Waals surface area contributed by atoms with E-state index in [2.05, 4.69) is 15.4 Å². The number of nitrogens with zero attached hydrogens (tertiary/aromatic N) is 4. The van der Waals surface area contributed by atoms with Gasteiger partial charge in [0, 0.05) is 12.2 Å². The number of aromatic nitrogens is 4. The molecule has 0 amide bonds. The molecular weight excluding hydrogens is 148 g/mol. The molecule has 0 fully saturated rings. The minimum atomic E-state index is 0.362. The minimum Gasteiger partial charge on any atom is -0.125 e. The van der Waals surface area contributed by atoms with Crippen LogP contribution in [0.25, 0.3) is 0 Å². The molecule has 0 aliphatic heterocycles. The SMILES string of the molecule is CSn1nnc(C(C)C)n1. The molecule has 0 saturated carbocycles. The Morgan fingerprint density at radius 2 is 2.20 bits per heavy atom. The monoisotopic (exact) mass is 158 g/mol. The van der Waals surface area contributed by atoms with Gasteiger partial charge < -0.3 is 0 Å². The fourth-order valence-corrected chi connectivity index (χ4v) is 0.795. The number of hydrogen-bond acceptors (Lipinski definition) is 4. The van der Waals surface area contributed by atoms with E-state index in [1.54, 1.807) is 0 Å². The van der Waals surface area contributed by atoms with Crippen molar-refractivity contribution in [2.24, 2.45) is 0 Å². The smallest absolute Gasteiger partial charge is 0.125 e. The van der Waals surface area contributed by atoms with E-state index in [0.29, 0.717) is 5.92 Å². The molecule has 0 atom stereocenters. The molecular formula is C5H10N4S. The fourth-order valence-electron chi connectivity index (χ4n) is 0.520. The predicted molar refractivity (Wildman–Crippen MR) is 40.8 cm³/mol. The van der Waals surface area contributed by atoms with E-state index in [-0.39, 0.29) is 0 Å². The largest absolute Gasteiger partial charge is 0.178 e. The van der Waals surface area contributed by atoms with Gasteiger partial charge in [-0.1, -0.05) is 13.8 Å². The standard InChI is InChI=1S/C5H10N4S/c1-4(2)5-6-8-9(7-5)10-3/h4H,1-3H3. The predicted octanol–water partition coefficient (Wildman–Crippen LogP) is 0.923. The van der Waals surface area contributed by atoms with Crippen molar-refractivity contribution in [2.45, 2.75) is 19.8 Å². The zero-order valence-electron chi connectivity index (χ0n) is 6.27. The summed E-state index contributed by atoms with van der Waals surface area (Å²) in [5.41, 5.74) is 0. The first-order valence-electron chi connectivity index (χ1n) is 3.08. The van der Waals surface area contributed by atoms with Gasteiger partial charge in [0.15, 0.2) is 5.82 Å². The van der Waals surface area contributed by atoms with Crippen molar-refractivity contribution in [1.82, 2.24) is 19.6 Å². The summed E-state index contributed by atoms with van der Waals surface area (Å²) in [7, 11) is 0. The van der Waals surface area contributed by atoms with Gasteiger partial charge in [-0.15, -0.1) is 14.4 Å². The molecule has 0 bridgehead atoms. The quantitative estimate of drug-likeness (QED) is 0.642. The van der Waals surface area contributed by atoms with Gasteiger partial charge in [0.25, 0.3) is 0 Å². The summed E-state index contributed by atoms with van der Waals surface area (Å²) < 4.78 is 1.51. The highest BCUT2D eigenvalue weighted by Crippen LogP contribution is 2.06. The summed E-state index contributed by atoms with van der Waals surface area (Å²) >= 11 is 1.44. The third-order valence-corrected chi connectivity index (χ3v) is 1.57. The molecule has 1 rings (SSSR count). The van der Waals surface area contributed by atoms with E-state index in [4.69, 9.17) is 0 Å². The van der Waals surface area contributed by atoms with Gasteiger partial charge in [0.2, 0.25) is 0 Å². The van der Waals surface area contributed by atoms with Crippen molar-refractivity contribution < 1.29 is 0 Å². The molecule has 1 aromatic rings. The van der Waals surface area contributed by atoms with Crippen molar-refractivity contribution >= 4 is 11.9 Å². The maximum absolute atomic E-state index is 4.09. The molecule has 1 heterocycles. The second kappa shape index (κ2) is 3.01. The van der Waals surface area contributed by atoms with Crippen LogP contribution in [0.1, 0.15) is 25.6 Å². The maximum atomic E-state index is 4.09. The van der Waals surface area contributed by atoms with Crippen molar-refractivity contribution in [3.05, 3.63) is 5.82 Å². The zero-order valence-corrected chi connectivity index (χ0v) is 7.09. The summed E-state index contributed by atoms with van der Waals surface area (Å²) in [5.74, 6) is 1.16. The van der Waals surface area contributed by atoms with Gasteiger partial charge in [0.05, 0.1) is 0 Å². The van der Waals surface area contributed by atoms with Gasteiger partial charge in [-0.25, -0.2) is 0 Å². The molecule has 0 saturated heterocycles. The molecule has 0 aromatic carbocycles. The van der Waals surface area contributed by atoms with Crippen molar-refractivity contribution in [3.8, 4) is 0 Å². The lowest BCUT2D eigenvalue weighted by molar-refractivity contribution is 0.774. The highest BCUT2D eigenvalue weighted by molar-refractivity contribution is 7.96. The van der Waals surface area contributed by atoms with Crippen LogP contribution in [0.2, 0.25) is 0 Å². The lowest BCUT2D eigenvalue weighted by Crippen LogP contribution is -1.92. The molecule has 0 radical (unpaired) electrons. The number of tetrazole rings is 1. The highest BCUT2D eigenvalue weighted by Gasteiger charge is 2.04. The molecule has 0 N–H and O–H groups in total. The molecule has 10 heavy (non-hydrogen) atoms. The number of hydrogen-bond donors (Lipinski definition) is 0. The van der Waals surface area contributed by atoms with Crippen molar-refractivity contribution in [3.63, 3.8) is 0 Å². The van der Waals surface area contributed by atoms with E-state index in [9.17, 15) is 0 Å². The first-order chi connectivity index (χ1) is 4.74. The van der Waals surface area contributed by atoms with Crippen LogP contribution < -0.4 is 0 Å². The van der Waals surface area contributed by atoms with Crippen molar-refractivity contribution in [1.29, 1.82) is 0 Å². The van der Waals surface area contributed by atoms with Gasteiger partial charge >= 0.3 is 0 Å².